The predicted octanol–water partition coefficient (Wildman–Crippen LogP) is 1.67. The molecule has 148 valence electrons. The molecule has 0 radical (unpaired) electrons. The van der Waals surface area contributed by atoms with E-state index in [1.807, 2.05) is 13.8 Å². The van der Waals surface area contributed by atoms with Crippen LogP contribution in [0, 0.1) is 5.92 Å². The second-order valence-corrected chi connectivity index (χ2v) is 8.80. The van der Waals surface area contributed by atoms with Crippen molar-refractivity contribution in [3.63, 3.8) is 0 Å². The molecule has 2 rings (SSSR count). The third-order valence-electron chi connectivity index (χ3n) is 4.44. The lowest BCUT2D eigenvalue weighted by Crippen LogP contribution is -2.51. The second kappa shape index (κ2) is 9.60. The summed E-state index contributed by atoms with van der Waals surface area (Å²) in [6.07, 6.45) is -0.0609. The van der Waals surface area contributed by atoms with Crippen LogP contribution in [0.2, 0.25) is 0 Å². The van der Waals surface area contributed by atoms with Crippen molar-refractivity contribution in [2.24, 2.45) is 5.92 Å². The van der Waals surface area contributed by atoms with E-state index in [0.29, 0.717) is 38.5 Å². The van der Waals surface area contributed by atoms with Gasteiger partial charge in [-0.1, -0.05) is 13.8 Å². The molecule has 26 heavy (non-hydrogen) atoms. The van der Waals surface area contributed by atoms with Crippen LogP contribution < -0.4 is 0 Å². The van der Waals surface area contributed by atoms with Gasteiger partial charge >= 0.3 is 6.09 Å². The average molecular weight is 386 g/mol. The number of hydrogen-bond donors (Lipinski definition) is 0. The lowest BCUT2D eigenvalue weighted by atomic mass is 10.3. The maximum Gasteiger partial charge on any atom is 0.410 e. The number of piperazine rings is 1. The minimum atomic E-state index is -0.269. The standard InChI is InChI=1S/C18H31N3O4S/c1-13(2)12-26-15-11-16(22)21(17(15)23)10-7-19-5-8-20(9-6-19)18(24)25-14(3)4/h13-15H,5-12H2,1-4H3. The number of nitrogens with zero attached hydrogens (tertiary/aromatic N) is 3. The summed E-state index contributed by atoms with van der Waals surface area (Å²) in [5.41, 5.74) is 0. The Morgan fingerprint density at radius 3 is 2.35 bits per heavy atom. The summed E-state index contributed by atoms with van der Waals surface area (Å²) in [4.78, 5) is 41.8. The first-order valence-electron chi connectivity index (χ1n) is 9.41. The average Bonchev–Trinajstić information content (AvgIpc) is 2.84. The smallest absolute Gasteiger partial charge is 0.410 e. The van der Waals surface area contributed by atoms with Crippen LogP contribution in [0.1, 0.15) is 34.1 Å². The van der Waals surface area contributed by atoms with Crippen molar-refractivity contribution in [3.05, 3.63) is 0 Å². The van der Waals surface area contributed by atoms with Gasteiger partial charge in [-0.25, -0.2) is 4.79 Å². The first-order chi connectivity index (χ1) is 12.3. The third-order valence-corrected chi connectivity index (χ3v) is 6.07. The van der Waals surface area contributed by atoms with Crippen LogP contribution in [0.25, 0.3) is 0 Å². The number of rotatable bonds is 7. The van der Waals surface area contributed by atoms with Gasteiger partial charge < -0.3 is 9.64 Å². The van der Waals surface area contributed by atoms with Gasteiger partial charge in [-0.05, 0) is 25.5 Å². The molecule has 1 atom stereocenters. The topological polar surface area (TPSA) is 70.2 Å². The molecular weight excluding hydrogens is 354 g/mol. The fourth-order valence-electron chi connectivity index (χ4n) is 3.00. The van der Waals surface area contributed by atoms with Gasteiger partial charge in [0.05, 0.1) is 11.4 Å². The zero-order valence-electron chi connectivity index (χ0n) is 16.3. The van der Waals surface area contributed by atoms with Gasteiger partial charge in [0.25, 0.3) is 0 Å². The number of carbonyl (C=O) groups excluding carboxylic acids is 3. The van der Waals surface area contributed by atoms with E-state index in [0.717, 1.165) is 18.8 Å². The molecule has 0 spiro atoms. The molecule has 3 amide bonds. The quantitative estimate of drug-likeness (QED) is 0.621. The van der Waals surface area contributed by atoms with Crippen molar-refractivity contribution < 1.29 is 19.1 Å². The first kappa shape index (κ1) is 21.0. The van der Waals surface area contributed by atoms with Gasteiger partial charge in [-0.15, -0.1) is 11.8 Å². The molecule has 0 aromatic rings. The Morgan fingerprint density at radius 2 is 1.77 bits per heavy atom. The van der Waals surface area contributed by atoms with Gasteiger partial charge in [0.15, 0.2) is 0 Å². The molecule has 2 aliphatic heterocycles. The number of imide groups is 1. The minimum Gasteiger partial charge on any atom is -0.447 e. The zero-order chi connectivity index (χ0) is 19.3. The second-order valence-electron chi connectivity index (χ2n) is 7.56. The zero-order valence-corrected chi connectivity index (χ0v) is 17.1. The largest absolute Gasteiger partial charge is 0.447 e. The Bertz CT molecular complexity index is 519. The van der Waals surface area contributed by atoms with Crippen molar-refractivity contribution in [3.8, 4) is 0 Å². The molecule has 0 saturated carbocycles. The summed E-state index contributed by atoms with van der Waals surface area (Å²) in [6.45, 7) is 11.7. The molecule has 8 heteroatoms. The lowest BCUT2D eigenvalue weighted by Gasteiger charge is -2.35. The molecular formula is C18H31N3O4S. The summed E-state index contributed by atoms with van der Waals surface area (Å²) in [5, 5.41) is -0.215. The van der Waals surface area contributed by atoms with Crippen LogP contribution in [0.4, 0.5) is 4.79 Å². The van der Waals surface area contributed by atoms with Crippen molar-refractivity contribution in [2.75, 3.05) is 45.0 Å². The maximum atomic E-state index is 12.4. The van der Waals surface area contributed by atoms with Crippen molar-refractivity contribution in [1.82, 2.24) is 14.7 Å². The summed E-state index contributed by atoms with van der Waals surface area (Å²) >= 11 is 1.59. The van der Waals surface area contributed by atoms with E-state index in [1.165, 1.54) is 4.90 Å². The molecule has 7 nitrogen and oxygen atoms in total. The fraction of sp³-hybridized carbons (Fsp3) is 0.833. The molecule has 0 aliphatic carbocycles. The van der Waals surface area contributed by atoms with Crippen LogP contribution in [-0.4, -0.2) is 89.0 Å². The van der Waals surface area contributed by atoms with E-state index in [9.17, 15) is 14.4 Å². The molecule has 0 bridgehead atoms. The number of amides is 3. The van der Waals surface area contributed by atoms with E-state index in [-0.39, 0.29) is 29.3 Å². The first-order valence-corrected chi connectivity index (χ1v) is 10.5. The minimum absolute atomic E-state index is 0.0419. The molecule has 2 aliphatic rings. The Hall–Kier alpha value is -1.28. The number of ether oxygens (including phenoxy) is 1. The summed E-state index contributed by atoms with van der Waals surface area (Å²) < 4.78 is 5.21. The van der Waals surface area contributed by atoms with E-state index in [2.05, 4.69) is 18.7 Å². The van der Waals surface area contributed by atoms with E-state index >= 15 is 0 Å². The predicted molar refractivity (Wildman–Crippen MR) is 102 cm³/mol. The molecule has 2 fully saturated rings. The molecule has 1 unspecified atom stereocenters. The summed E-state index contributed by atoms with van der Waals surface area (Å²) in [5.74, 6) is 1.30. The van der Waals surface area contributed by atoms with Crippen LogP contribution in [0.5, 0.6) is 0 Å². The van der Waals surface area contributed by atoms with Crippen molar-refractivity contribution >= 4 is 29.7 Å². The highest BCUT2D eigenvalue weighted by molar-refractivity contribution is 8.00. The van der Waals surface area contributed by atoms with Gasteiger partial charge in [0, 0.05) is 45.7 Å². The van der Waals surface area contributed by atoms with Crippen molar-refractivity contribution in [2.45, 2.75) is 45.5 Å². The highest BCUT2D eigenvalue weighted by Gasteiger charge is 2.38. The molecule has 2 saturated heterocycles. The Morgan fingerprint density at radius 1 is 1.12 bits per heavy atom. The van der Waals surface area contributed by atoms with Crippen LogP contribution in [0.3, 0.4) is 0 Å². The molecule has 0 aromatic heterocycles. The Balaban J connectivity index is 1.73. The van der Waals surface area contributed by atoms with E-state index < -0.39 is 0 Å². The van der Waals surface area contributed by atoms with Gasteiger partial charge in [-0.2, -0.15) is 0 Å². The third kappa shape index (κ3) is 5.87. The van der Waals surface area contributed by atoms with Gasteiger partial charge in [-0.3, -0.25) is 19.4 Å². The monoisotopic (exact) mass is 385 g/mol. The normalized spacial score (nSPS) is 22.0. The van der Waals surface area contributed by atoms with E-state index in [1.54, 1.807) is 16.7 Å². The van der Waals surface area contributed by atoms with Crippen LogP contribution in [-0.2, 0) is 14.3 Å². The number of hydrogen-bond acceptors (Lipinski definition) is 6. The van der Waals surface area contributed by atoms with Crippen LogP contribution in [0.15, 0.2) is 0 Å². The highest BCUT2D eigenvalue weighted by atomic mass is 32.2. The van der Waals surface area contributed by atoms with Gasteiger partial charge in [0.1, 0.15) is 0 Å². The van der Waals surface area contributed by atoms with E-state index in [4.69, 9.17) is 4.74 Å². The Labute approximate surface area is 160 Å². The molecule has 2 heterocycles. The van der Waals surface area contributed by atoms with Crippen LogP contribution >= 0.6 is 11.8 Å². The molecule has 0 aromatic carbocycles. The lowest BCUT2D eigenvalue weighted by molar-refractivity contribution is -0.138. The van der Waals surface area contributed by atoms with Gasteiger partial charge in [0.2, 0.25) is 11.8 Å². The summed E-state index contributed by atoms with van der Waals surface area (Å²) in [7, 11) is 0. The maximum absolute atomic E-state index is 12.4. The number of carbonyl (C=O) groups is 3. The number of thioether (sulfide) groups is 1. The van der Waals surface area contributed by atoms with Crippen molar-refractivity contribution in [1.29, 1.82) is 0 Å². The molecule has 0 N–H and O–H groups in total. The fourth-order valence-corrected chi connectivity index (χ4v) is 4.15. The highest BCUT2D eigenvalue weighted by Crippen LogP contribution is 2.26. The number of likely N-dealkylation sites (tertiary alicyclic amines) is 1. The summed E-state index contributed by atoms with van der Waals surface area (Å²) in [6, 6.07) is 0. The Kier molecular flexibility index (Phi) is 7.76. The SMILES string of the molecule is CC(C)CSC1CC(=O)N(CCN2CCN(C(=O)OC(C)C)CC2)C1=O.